The fourth-order valence-corrected chi connectivity index (χ4v) is 3.82. The van der Waals surface area contributed by atoms with Crippen LogP contribution in [0.3, 0.4) is 0 Å². The van der Waals surface area contributed by atoms with E-state index in [1.165, 1.54) is 11.3 Å². The highest BCUT2D eigenvalue weighted by Crippen LogP contribution is 2.33. The molecule has 1 aromatic carbocycles. The zero-order valence-electron chi connectivity index (χ0n) is 15.5. The minimum Gasteiger partial charge on any atom is -0.347 e. The van der Waals surface area contributed by atoms with E-state index in [4.69, 9.17) is 5.26 Å². The Morgan fingerprint density at radius 3 is 2.61 bits per heavy atom. The highest BCUT2D eigenvalue weighted by molar-refractivity contribution is 7.19. The molecule has 0 saturated heterocycles. The number of aromatic nitrogens is 3. The third kappa shape index (κ3) is 3.38. The molecular formula is C21H17N5OS. The number of carbonyl (C=O) groups excluding carboxylic acids is 1. The van der Waals surface area contributed by atoms with Gasteiger partial charge in [-0.15, -0.1) is 11.3 Å². The number of rotatable bonds is 4. The highest BCUT2D eigenvalue weighted by atomic mass is 32.1. The number of hydrogen-bond donors (Lipinski definition) is 0. The number of carbonyl (C=O) groups is 1. The predicted octanol–water partition coefficient (Wildman–Crippen LogP) is 3.79. The van der Waals surface area contributed by atoms with Crippen molar-refractivity contribution in [3.05, 3.63) is 60.0 Å². The molecule has 0 atom stereocenters. The van der Waals surface area contributed by atoms with Crippen molar-refractivity contribution < 1.29 is 4.79 Å². The first-order chi connectivity index (χ1) is 13.5. The molecule has 0 aliphatic heterocycles. The summed E-state index contributed by atoms with van der Waals surface area (Å²) < 4.78 is 2.65. The lowest BCUT2D eigenvalue weighted by molar-refractivity contribution is -0.129. The lowest BCUT2D eigenvalue weighted by atomic mass is 10.0. The summed E-state index contributed by atoms with van der Waals surface area (Å²) in [5.74, 6) is -0.00176. The lowest BCUT2D eigenvalue weighted by Crippen LogP contribution is -2.26. The maximum absolute atomic E-state index is 11.8. The SMILES string of the molecule is CN(C)C(=O)Cn1cc(-c2ccc(-c3cncc4sc(C#N)cc34)cc2)cn1. The molecule has 0 fully saturated rings. The molecule has 0 unspecified atom stereocenters. The van der Waals surface area contributed by atoms with E-state index in [9.17, 15) is 4.79 Å². The Morgan fingerprint density at radius 1 is 1.14 bits per heavy atom. The molecule has 1 amide bonds. The molecule has 6 nitrogen and oxygen atoms in total. The molecule has 7 heteroatoms. The summed E-state index contributed by atoms with van der Waals surface area (Å²) in [6, 6.07) is 12.3. The quantitative estimate of drug-likeness (QED) is 0.534. The van der Waals surface area contributed by atoms with E-state index in [0.29, 0.717) is 4.88 Å². The largest absolute Gasteiger partial charge is 0.347 e. The summed E-state index contributed by atoms with van der Waals surface area (Å²) >= 11 is 1.45. The normalized spacial score (nSPS) is 10.8. The fraction of sp³-hybridized carbons (Fsp3) is 0.143. The van der Waals surface area contributed by atoms with Gasteiger partial charge in [0.05, 0.1) is 10.9 Å². The van der Waals surface area contributed by atoms with Crippen molar-refractivity contribution in [3.63, 3.8) is 0 Å². The first-order valence-corrected chi connectivity index (χ1v) is 9.48. The Balaban J connectivity index is 1.62. The van der Waals surface area contributed by atoms with Gasteiger partial charge in [-0.3, -0.25) is 14.5 Å². The maximum Gasteiger partial charge on any atom is 0.243 e. The van der Waals surface area contributed by atoms with Gasteiger partial charge in [-0.05, 0) is 17.2 Å². The molecule has 0 bridgehead atoms. The first-order valence-electron chi connectivity index (χ1n) is 8.66. The van der Waals surface area contributed by atoms with Crippen LogP contribution in [0.2, 0.25) is 0 Å². The van der Waals surface area contributed by atoms with Gasteiger partial charge >= 0.3 is 0 Å². The molecule has 4 rings (SSSR count). The van der Waals surface area contributed by atoms with Crippen LogP contribution in [0.15, 0.2) is 55.1 Å². The molecule has 0 aliphatic rings. The number of nitriles is 1. The molecule has 0 saturated carbocycles. The second kappa shape index (κ2) is 7.25. The van der Waals surface area contributed by atoms with E-state index < -0.39 is 0 Å². The van der Waals surface area contributed by atoms with Crippen molar-refractivity contribution >= 4 is 27.3 Å². The minimum absolute atomic E-state index is 0.00176. The number of hydrogen-bond acceptors (Lipinski definition) is 5. The van der Waals surface area contributed by atoms with E-state index in [1.807, 2.05) is 42.7 Å². The molecule has 3 aromatic heterocycles. The van der Waals surface area contributed by atoms with Gasteiger partial charge in [0.2, 0.25) is 5.91 Å². The summed E-state index contributed by atoms with van der Waals surface area (Å²) in [4.78, 5) is 18.4. The first kappa shape index (κ1) is 17.9. The predicted molar refractivity (Wildman–Crippen MR) is 110 cm³/mol. The van der Waals surface area contributed by atoms with Gasteiger partial charge < -0.3 is 4.90 Å². The van der Waals surface area contributed by atoms with Crippen LogP contribution in [0.1, 0.15) is 4.88 Å². The Kier molecular flexibility index (Phi) is 4.63. The van der Waals surface area contributed by atoms with Crippen molar-refractivity contribution in [2.24, 2.45) is 0 Å². The van der Waals surface area contributed by atoms with Gasteiger partial charge in [0, 0.05) is 49.2 Å². The van der Waals surface area contributed by atoms with E-state index in [0.717, 1.165) is 32.3 Å². The topological polar surface area (TPSA) is 74.8 Å². The zero-order valence-corrected chi connectivity index (χ0v) is 16.3. The second-order valence-electron chi connectivity index (χ2n) is 6.61. The molecule has 3 heterocycles. The van der Waals surface area contributed by atoms with Crippen LogP contribution in [-0.2, 0) is 11.3 Å². The molecule has 138 valence electrons. The number of likely N-dealkylation sites (N-methyl/N-ethyl adjacent to an activating group) is 1. The van der Waals surface area contributed by atoms with Crippen molar-refractivity contribution in [2.75, 3.05) is 14.1 Å². The fourth-order valence-electron chi connectivity index (χ4n) is 2.97. The highest BCUT2D eigenvalue weighted by Gasteiger charge is 2.10. The van der Waals surface area contributed by atoms with Crippen LogP contribution in [0, 0.1) is 11.3 Å². The van der Waals surface area contributed by atoms with Gasteiger partial charge in [-0.1, -0.05) is 24.3 Å². The number of benzene rings is 1. The zero-order chi connectivity index (χ0) is 19.7. The smallest absolute Gasteiger partial charge is 0.243 e. The average molecular weight is 387 g/mol. The van der Waals surface area contributed by atoms with Gasteiger partial charge in [-0.2, -0.15) is 10.4 Å². The Morgan fingerprint density at radius 2 is 1.89 bits per heavy atom. The van der Waals surface area contributed by atoms with Gasteiger partial charge in [0.25, 0.3) is 0 Å². The molecule has 0 N–H and O–H groups in total. The standard InChI is InChI=1S/C21H17N5OS/c1-25(2)21(27)13-26-12-16(9-24-26)14-3-5-15(6-4-14)19-10-23-11-20-18(19)7-17(8-22)28-20/h3-7,9-12H,13H2,1-2H3. The van der Waals surface area contributed by atoms with Crippen molar-refractivity contribution in [1.82, 2.24) is 19.7 Å². The van der Waals surface area contributed by atoms with E-state index in [-0.39, 0.29) is 12.5 Å². The third-order valence-corrected chi connectivity index (χ3v) is 5.49. The molecule has 28 heavy (non-hydrogen) atoms. The summed E-state index contributed by atoms with van der Waals surface area (Å²) in [6.07, 6.45) is 7.26. The van der Waals surface area contributed by atoms with Crippen LogP contribution in [0.4, 0.5) is 0 Å². The average Bonchev–Trinajstić information content (AvgIpc) is 3.34. The summed E-state index contributed by atoms with van der Waals surface area (Å²) in [5.41, 5.74) is 4.03. The number of thiophene rings is 1. The van der Waals surface area contributed by atoms with Crippen LogP contribution in [0.25, 0.3) is 32.3 Å². The number of pyridine rings is 1. The number of nitrogens with zero attached hydrogens (tertiary/aromatic N) is 5. The number of fused-ring (bicyclic) bond motifs is 1. The monoisotopic (exact) mass is 387 g/mol. The lowest BCUT2D eigenvalue weighted by Gasteiger charge is -2.09. The van der Waals surface area contributed by atoms with Crippen LogP contribution in [-0.4, -0.2) is 39.7 Å². The summed E-state index contributed by atoms with van der Waals surface area (Å²) in [7, 11) is 3.46. The van der Waals surface area contributed by atoms with Gasteiger partial charge in [-0.25, -0.2) is 0 Å². The summed E-state index contributed by atoms with van der Waals surface area (Å²) in [5, 5.41) is 14.5. The molecule has 0 aliphatic carbocycles. The van der Waals surface area contributed by atoms with Crippen LogP contribution in [0.5, 0.6) is 0 Å². The Hall–Kier alpha value is -3.50. The Bertz CT molecular complexity index is 1200. The number of amides is 1. The van der Waals surface area contributed by atoms with E-state index in [1.54, 1.807) is 36.1 Å². The minimum atomic E-state index is -0.00176. The summed E-state index contributed by atoms with van der Waals surface area (Å²) in [6.45, 7) is 0.220. The van der Waals surface area contributed by atoms with Crippen molar-refractivity contribution in [3.8, 4) is 28.3 Å². The second-order valence-corrected chi connectivity index (χ2v) is 7.70. The van der Waals surface area contributed by atoms with Gasteiger partial charge in [0.15, 0.2) is 0 Å². The van der Waals surface area contributed by atoms with Crippen LogP contribution >= 0.6 is 11.3 Å². The molecule has 4 aromatic rings. The van der Waals surface area contributed by atoms with E-state index >= 15 is 0 Å². The molecule has 0 radical (unpaired) electrons. The third-order valence-electron chi connectivity index (χ3n) is 4.52. The molecular weight excluding hydrogens is 370 g/mol. The van der Waals surface area contributed by atoms with Crippen LogP contribution < -0.4 is 0 Å². The van der Waals surface area contributed by atoms with E-state index in [2.05, 4.69) is 16.2 Å². The van der Waals surface area contributed by atoms with Crippen molar-refractivity contribution in [2.45, 2.75) is 6.54 Å². The van der Waals surface area contributed by atoms with Crippen molar-refractivity contribution in [1.29, 1.82) is 5.26 Å². The molecule has 0 spiro atoms. The van der Waals surface area contributed by atoms with Gasteiger partial charge in [0.1, 0.15) is 17.5 Å². The maximum atomic E-state index is 11.8. The Labute approximate surface area is 166 Å².